The largest absolute Gasteiger partial charge is 0.456 e. The SMILES string of the molecule is CC(C)(C)c1ccc(N(c2ccc(C(C)(C)C)cc2)c2ccc3cc4c(cc3c2)oc2cc(N(c3ccc(C(C)(C)C)cc3)c3ccc(C(C)(C)C)cc3)ccc24)cc1. The number of nitrogens with zero attached hydrogens (tertiary/aromatic N) is 2. The van der Waals surface area contributed by atoms with Gasteiger partial charge in [0.05, 0.1) is 0 Å². The van der Waals surface area contributed by atoms with E-state index < -0.39 is 0 Å². The zero-order chi connectivity index (χ0) is 42.1. The van der Waals surface area contributed by atoms with E-state index in [1.54, 1.807) is 0 Å². The molecule has 0 aliphatic rings. The fourth-order valence-electron chi connectivity index (χ4n) is 8.11. The number of hydrogen-bond acceptors (Lipinski definition) is 3. The summed E-state index contributed by atoms with van der Waals surface area (Å²) in [6, 6.07) is 54.0. The van der Waals surface area contributed by atoms with Crippen molar-refractivity contribution in [3.05, 3.63) is 168 Å². The Kier molecular flexibility index (Phi) is 9.82. The van der Waals surface area contributed by atoms with Gasteiger partial charge in [0, 0.05) is 51.0 Å². The first-order valence-electron chi connectivity index (χ1n) is 21.2. The first-order chi connectivity index (χ1) is 27.7. The lowest BCUT2D eigenvalue weighted by atomic mass is 9.86. The molecular weight excluding hydrogens is 717 g/mol. The van der Waals surface area contributed by atoms with Crippen molar-refractivity contribution in [1.82, 2.24) is 0 Å². The molecule has 0 radical (unpaired) electrons. The van der Waals surface area contributed by atoms with E-state index in [2.05, 4.69) is 238 Å². The van der Waals surface area contributed by atoms with Crippen LogP contribution < -0.4 is 9.80 Å². The second-order valence-electron chi connectivity index (χ2n) is 20.5. The molecule has 3 heteroatoms. The van der Waals surface area contributed by atoms with Crippen LogP contribution in [0.5, 0.6) is 0 Å². The molecule has 0 bridgehead atoms. The lowest BCUT2D eigenvalue weighted by molar-refractivity contribution is 0.590. The third-order valence-corrected chi connectivity index (χ3v) is 11.9. The van der Waals surface area contributed by atoms with Crippen LogP contribution in [-0.4, -0.2) is 0 Å². The van der Waals surface area contributed by atoms with Crippen LogP contribution in [0.1, 0.15) is 105 Å². The van der Waals surface area contributed by atoms with Crippen LogP contribution in [0, 0.1) is 0 Å². The van der Waals surface area contributed by atoms with Gasteiger partial charge in [0.15, 0.2) is 0 Å². The Balaban J connectivity index is 1.22. The Morgan fingerprint density at radius 1 is 0.288 bits per heavy atom. The van der Waals surface area contributed by atoms with Gasteiger partial charge in [0.25, 0.3) is 0 Å². The highest BCUT2D eigenvalue weighted by atomic mass is 16.3. The Morgan fingerprint density at radius 3 is 0.983 bits per heavy atom. The first-order valence-corrected chi connectivity index (χ1v) is 21.2. The van der Waals surface area contributed by atoms with Crippen LogP contribution in [0.2, 0.25) is 0 Å². The molecule has 1 aromatic heterocycles. The minimum atomic E-state index is 0.0723. The quantitative estimate of drug-likeness (QED) is 0.168. The third kappa shape index (κ3) is 8.00. The molecule has 0 amide bonds. The van der Waals surface area contributed by atoms with E-state index in [9.17, 15) is 0 Å². The smallest absolute Gasteiger partial charge is 0.137 e. The van der Waals surface area contributed by atoms with Crippen LogP contribution >= 0.6 is 0 Å². The van der Waals surface area contributed by atoms with Crippen LogP contribution in [0.4, 0.5) is 34.1 Å². The average molecular weight is 777 g/mol. The van der Waals surface area contributed by atoms with Gasteiger partial charge >= 0.3 is 0 Å². The zero-order valence-corrected chi connectivity index (χ0v) is 37.2. The number of fused-ring (bicyclic) bond motifs is 4. The van der Waals surface area contributed by atoms with Crippen LogP contribution in [0.3, 0.4) is 0 Å². The highest BCUT2D eigenvalue weighted by Gasteiger charge is 2.22. The monoisotopic (exact) mass is 776 g/mol. The lowest BCUT2D eigenvalue weighted by Gasteiger charge is -2.28. The molecule has 0 atom stereocenters. The van der Waals surface area contributed by atoms with E-state index in [1.165, 1.54) is 27.6 Å². The van der Waals surface area contributed by atoms with Gasteiger partial charge in [0.2, 0.25) is 0 Å². The van der Waals surface area contributed by atoms with Gasteiger partial charge in [-0.25, -0.2) is 0 Å². The number of anilines is 6. The van der Waals surface area contributed by atoms with Crippen molar-refractivity contribution < 1.29 is 4.42 Å². The molecule has 0 spiro atoms. The summed E-state index contributed by atoms with van der Waals surface area (Å²) in [6.07, 6.45) is 0. The number of furan rings is 1. The minimum Gasteiger partial charge on any atom is -0.456 e. The van der Waals surface area contributed by atoms with Gasteiger partial charge in [-0.15, -0.1) is 0 Å². The molecule has 0 saturated heterocycles. The van der Waals surface area contributed by atoms with Crippen LogP contribution in [0.25, 0.3) is 32.7 Å². The van der Waals surface area contributed by atoms with Crippen molar-refractivity contribution in [3.63, 3.8) is 0 Å². The van der Waals surface area contributed by atoms with Crippen molar-refractivity contribution >= 4 is 66.8 Å². The van der Waals surface area contributed by atoms with Crippen molar-refractivity contribution in [1.29, 1.82) is 0 Å². The molecule has 0 N–H and O–H groups in total. The molecule has 0 aliphatic heterocycles. The summed E-state index contributed by atoms with van der Waals surface area (Å²) in [7, 11) is 0. The zero-order valence-electron chi connectivity index (χ0n) is 37.2. The van der Waals surface area contributed by atoms with Crippen molar-refractivity contribution in [3.8, 4) is 0 Å². The van der Waals surface area contributed by atoms with E-state index in [1.807, 2.05) is 0 Å². The summed E-state index contributed by atoms with van der Waals surface area (Å²) in [5, 5.41) is 4.55. The number of hydrogen-bond donors (Lipinski definition) is 0. The highest BCUT2D eigenvalue weighted by molar-refractivity contribution is 6.11. The van der Waals surface area contributed by atoms with E-state index in [4.69, 9.17) is 4.42 Å². The van der Waals surface area contributed by atoms with Crippen LogP contribution in [-0.2, 0) is 21.7 Å². The molecule has 7 aromatic carbocycles. The lowest BCUT2D eigenvalue weighted by Crippen LogP contribution is -2.14. The molecule has 0 fully saturated rings. The Morgan fingerprint density at radius 2 is 0.610 bits per heavy atom. The van der Waals surface area contributed by atoms with Crippen molar-refractivity contribution in [2.24, 2.45) is 0 Å². The molecule has 0 saturated carbocycles. The maximum Gasteiger partial charge on any atom is 0.137 e. The van der Waals surface area contributed by atoms with Gasteiger partial charge in [0.1, 0.15) is 11.2 Å². The molecule has 0 unspecified atom stereocenters. The van der Waals surface area contributed by atoms with Crippen molar-refractivity contribution in [2.45, 2.75) is 105 Å². The summed E-state index contributed by atoms with van der Waals surface area (Å²) in [5.74, 6) is 0. The summed E-state index contributed by atoms with van der Waals surface area (Å²) in [4.78, 5) is 4.70. The fraction of sp³-hybridized carbons (Fsp3) is 0.286. The summed E-state index contributed by atoms with van der Waals surface area (Å²) in [5.41, 5.74) is 14.0. The summed E-state index contributed by atoms with van der Waals surface area (Å²) < 4.78 is 6.77. The van der Waals surface area contributed by atoms with Crippen molar-refractivity contribution in [2.75, 3.05) is 9.80 Å². The first kappa shape index (κ1) is 40.0. The molecular formula is C56H60N2O. The second kappa shape index (κ2) is 14.5. The van der Waals surface area contributed by atoms with E-state index in [-0.39, 0.29) is 21.7 Å². The molecule has 1 heterocycles. The van der Waals surface area contributed by atoms with E-state index >= 15 is 0 Å². The second-order valence-corrected chi connectivity index (χ2v) is 20.5. The number of benzene rings is 7. The maximum atomic E-state index is 6.77. The summed E-state index contributed by atoms with van der Waals surface area (Å²) >= 11 is 0. The fourth-order valence-corrected chi connectivity index (χ4v) is 8.11. The molecule has 0 aliphatic carbocycles. The van der Waals surface area contributed by atoms with Gasteiger partial charge in [-0.1, -0.05) is 138 Å². The molecule has 59 heavy (non-hydrogen) atoms. The van der Waals surface area contributed by atoms with Gasteiger partial charge in [-0.3, -0.25) is 0 Å². The highest BCUT2D eigenvalue weighted by Crippen LogP contribution is 2.43. The minimum absolute atomic E-state index is 0.0723. The maximum absolute atomic E-state index is 6.77. The Hall–Kier alpha value is -5.80. The van der Waals surface area contributed by atoms with Gasteiger partial charge < -0.3 is 14.2 Å². The molecule has 3 nitrogen and oxygen atoms in total. The Bertz CT molecular complexity index is 2520. The molecule has 8 aromatic rings. The van der Waals surface area contributed by atoms with Gasteiger partial charge in [-0.2, -0.15) is 0 Å². The predicted molar refractivity (Wildman–Crippen MR) is 255 cm³/mol. The van der Waals surface area contributed by atoms with E-state index in [0.717, 1.165) is 61.4 Å². The normalized spacial score (nSPS) is 12.7. The predicted octanol–water partition coefficient (Wildman–Crippen LogP) is 16.9. The Labute approximate surface area is 352 Å². The topological polar surface area (TPSA) is 19.6 Å². The van der Waals surface area contributed by atoms with Gasteiger partial charge in [-0.05, 0) is 140 Å². The standard InChI is InChI=1S/C56H60N2O/c1-53(2,3)39-14-23-43(24-15-39)57(44-25-16-40(17-26-44)54(4,5)6)47-22-13-37-34-50-49-32-31-48(36-52(49)59-51(50)35-38(37)33-47)58(45-27-18-41(19-28-45)55(7,8)9)46-29-20-42(21-30-46)56(10,11)12/h13-36H,1-12H3. The number of rotatable bonds is 6. The van der Waals surface area contributed by atoms with E-state index in [0.29, 0.717) is 0 Å². The average Bonchev–Trinajstić information content (AvgIpc) is 3.53. The third-order valence-electron chi connectivity index (χ3n) is 11.9. The van der Waals surface area contributed by atoms with Crippen LogP contribution in [0.15, 0.2) is 150 Å². The molecule has 8 rings (SSSR count). The summed E-state index contributed by atoms with van der Waals surface area (Å²) in [6.45, 7) is 27.2. The molecule has 300 valence electrons.